The fourth-order valence-electron chi connectivity index (χ4n) is 2.40. The number of nitrogens with one attached hydrogen (secondary N) is 1. The van der Waals surface area contributed by atoms with Crippen LogP contribution in [0.2, 0.25) is 0 Å². The lowest BCUT2D eigenvalue weighted by Gasteiger charge is -2.11. The van der Waals surface area contributed by atoms with Gasteiger partial charge < -0.3 is 15.2 Å². The summed E-state index contributed by atoms with van der Waals surface area (Å²) in [6.45, 7) is 0. The van der Waals surface area contributed by atoms with Crippen LogP contribution in [0.1, 0.15) is 10.4 Å². The van der Waals surface area contributed by atoms with Gasteiger partial charge in [-0.1, -0.05) is 18.2 Å². The zero-order chi connectivity index (χ0) is 17.8. The lowest BCUT2D eigenvalue weighted by Crippen LogP contribution is -2.14. The van der Waals surface area contributed by atoms with Gasteiger partial charge in [-0.25, -0.2) is 4.98 Å². The Hall–Kier alpha value is -3.06. The number of hydrogen-bond donors (Lipinski definition) is 2. The predicted molar refractivity (Wildman–Crippen MR) is 99.5 cm³/mol. The van der Waals surface area contributed by atoms with Crippen LogP contribution in [0.5, 0.6) is 11.5 Å². The van der Waals surface area contributed by atoms with E-state index in [1.165, 1.54) is 25.6 Å². The molecule has 3 N–H and O–H groups in total. The number of aromatic nitrogens is 1. The Kier molecular flexibility index (Phi) is 4.85. The third kappa shape index (κ3) is 3.56. The Balaban J connectivity index is 1.85. The lowest BCUT2D eigenvalue weighted by atomic mass is 10.1. The van der Waals surface area contributed by atoms with Crippen LogP contribution in [0, 0.1) is 0 Å². The normalized spacial score (nSPS) is 10.3. The smallest absolute Gasteiger partial charge is 0.265 e. The van der Waals surface area contributed by atoms with E-state index in [0.717, 1.165) is 11.3 Å². The molecule has 7 heteroatoms. The summed E-state index contributed by atoms with van der Waals surface area (Å²) >= 11 is 1.33. The Morgan fingerprint density at radius 1 is 1.12 bits per heavy atom. The summed E-state index contributed by atoms with van der Waals surface area (Å²) in [5, 5.41) is 5.14. The summed E-state index contributed by atoms with van der Waals surface area (Å²) in [7, 11) is 3.01. The zero-order valence-corrected chi connectivity index (χ0v) is 14.6. The molecule has 2 aromatic carbocycles. The van der Waals surface area contributed by atoms with Crippen LogP contribution in [0.3, 0.4) is 0 Å². The second-order valence-electron chi connectivity index (χ2n) is 5.16. The molecule has 0 aliphatic heterocycles. The second kappa shape index (κ2) is 7.23. The van der Waals surface area contributed by atoms with Crippen molar-refractivity contribution in [2.45, 2.75) is 0 Å². The molecule has 1 amide bonds. The van der Waals surface area contributed by atoms with E-state index in [9.17, 15) is 4.79 Å². The van der Waals surface area contributed by atoms with Gasteiger partial charge in [0.2, 0.25) is 0 Å². The summed E-state index contributed by atoms with van der Waals surface area (Å²) in [6.07, 6.45) is 0. The van der Waals surface area contributed by atoms with E-state index >= 15 is 0 Å². The number of thiazole rings is 1. The first kappa shape index (κ1) is 16.8. The van der Waals surface area contributed by atoms with E-state index in [2.05, 4.69) is 10.3 Å². The van der Waals surface area contributed by atoms with Crippen molar-refractivity contribution in [1.29, 1.82) is 0 Å². The van der Waals surface area contributed by atoms with Gasteiger partial charge >= 0.3 is 0 Å². The summed E-state index contributed by atoms with van der Waals surface area (Å²) in [5.74, 6) is 0.525. The number of methoxy groups -OCH3 is 2. The van der Waals surface area contributed by atoms with E-state index in [1.54, 1.807) is 18.2 Å². The molecule has 128 valence electrons. The van der Waals surface area contributed by atoms with Gasteiger partial charge in [-0.2, -0.15) is 0 Å². The van der Waals surface area contributed by atoms with Gasteiger partial charge in [0.15, 0.2) is 5.13 Å². The van der Waals surface area contributed by atoms with Gasteiger partial charge in [0.25, 0.3) is 5.91 Å². The number of nitrogens with two attached hydrogens (primary N) is 1. The van der Waals surface area contributed by atoms with E-state index in [0.29, 0.717) is 27.9 Å². The summed E-state index contributed by atoms with van der Waals surface area (Å²) in [5.41, 5.74) is 8.44. The molecule has 0 unspecified atom stereocenters. The van der Waals surface area contributed by atoms with E-state index in [1.807, 2.05) is 29.6 Å². The van der Waals surface area contributed by atoms with Gasteiger partial charge in [-0.15, -0.1) is 11.3 Å². The van der Waals surface area contributed by atoms with Gasteiger partial charge in [-0.05, 0) is 24.3 Å². The van der Waals surface area contributed by atoms with Crippen molar-refractivity contribution >= 4 is 28.1 Å². The number of amides is 1. The number of nitrogens with zero attached hydrogens (tertiary/aromatic N) is 1. The van der Waals surface area contributed by atoms with Crippen molar-refractivity contribution in [3.63, 3.8) is 0 Å². The number of rotatable bonds is 5. The van der Waals surface area contributed by atoms with Crippen molar-refractivity contribution in [2.75, 3.05) is 25.3 Å². The van der Waals surface area contributed by atoms with Crippen LogP contribution in [0.4, 0.5) is 10.8 Å². The minimum atomic E-state index is -0.345. The maximum atomic E-state index is 12.6. The molecule has 0 bridgehead atoms. The predicted octanol–water partition coefficient (Wildman–Crippen LogP) is 3.66. The Labute approximate surface area is 149 Å². The van der Waals surface area contributed by atoms with Crippen molar-refractivity contribution < 1.29 is 14.3 Å². The van der Waals surface area contributed by atoms with Crippen molar-refractivity contribution in [3.8, 4) is 22.8 Å². The molecule has 3 rings (SSSR count). The molecule has 1 aromatic heterocycles. The van der Waals surface area contributed by atoms with Crippen LogP contribution in [-0.4, -0.2) is 25.1 Å². The van der Waals surface area contributed by atoms with Crippen molar-refractivity contribution in [1.82, 2.24) is 4.98 Å². The molecular weight excluding hydrogens is 338 g/mol. The second-order valence-corrected chi connectivity index (χ2v) is 6.01. The average Bonchev–Trinajstić information content (AvgIpc) is 3.09. The molecule has 0 aliphatic carbocycles. The average molecular weight is 355 g/mol. The van der Waals surface area contributed by atoms with Crippen molar-refractivity contribution in [3.05, 3.63) is 53.4 Å². The van der Waals surface area contributed by atoms with Crippen LogP contribution in [-0.2, 0) is 0 Å². The summed E-state index contributed by atoms with van der Waals surface area (Å²) in [6, 6.07) is 12.6. The van der Waals surface area contributed by atoms with Crippen LogP contribution < -0.4 is 20.5 Å². The highest BCUT2D eigenvalue weighted by Gasteiger charge is 2.19. The molecule has 0 saturated carbocycles. The third-order valence-corrected chi connectivity index (χ3v) is 4.32. The number of carbonyl (C=O) groups excluding carboxylic acids is 1. The van der Waals surface area contributed by atoms with Crippen LogP contribution in [0.15, 0.2) is 47.8 Å². The number of nitrogen functional groups attached to an aromatic ring is 1. The monoisotopic (exact) mass is 355 g/mol. The van der Waals surface area contributed by atoms with E-state index < -0.39 is 0 Å². The number of anilines is 2. The maximum absolute atomic E-state index is 12.6. The molecule has 0 aliphatic rings. The van der Waals surface area contributed by atoms with Gasteiger partial charge in [0.05, 0.1) is 19.9 Å². The number of benzene rings is 2. The highest BCUT2D eigenvalue weighted by Crippen LogP contribution is 2.31. The van der Waals surface area contributed by atoms with Gasteiger partial charge in [0, 0.05) is 16.6 Å². The largest absolute Gasteiger partial charge is 0.496 e. The fourth-order valence-corrected chi connectivity index (χ4v) is 3.11. The first-order valence-electron chi connectivity index (χ1n) is 7.46. The third-order valence-electron chi connectivity index (χ3n) is 3.56. The van der Waals surface area contributed by atoms with Crippen LogP contribution >= 0.6 is 11.3 Å². The lowest BCUT2D eigenvalue weighted by molar-refractivity contribution is 0.102. The highest BCUT2D eigenvalue weighted by molar-refractivity contribution is 7.14. The van der Waals surface area contributed by atoms with Gasteiger partial charge in [0.1, 0.15) is 17.1 Å². The molecule has 3 aromatic rings. The molecule has 0 saturated heterocycles. The Morgan fingerprint density at radius 2 is 1.80 bits per heavy atom. The Bertz CT molecular complexity index is 886. The maximum Gasteiger partial charge on any atom is 0.265 e. The number of carbonyl (C=O) groups is 1. The molecule has 1 heterocycles. The molecule has 0 spiro atoms. The highest BCUT2D eigenvalue weighted by atomic mass is 32.1. The first-order valence-corrected chi connectivity index (χ1v) is 8.34. The molecule has 25 heavy (non-hydrogen) atoms. The Morgan fingerprint density at radius 3 is 2.44 bits per heavy atom. The SMILES string of the molecule is COc1cccc(OC)c1C(=O)Nc1nc(-c2cccc(N)c2)cs1. The summed E-state index contributed by atoms with van der Waals surface area (Å²) < 4.78 is 10.5. The standard InChI is InChI=1S/C18H17N3O3S/c1-23-14-7-4-8-15(24-2)16(14)17(22)21-18-20-13(10-25-18)11-5-3-6-12(19)9-11/h3-10H,19H2,1-2H3,(H,20,21,22). The first-order chi connectivity index (χ1) is 12.1. The number of ether oxygens (including phenoxy) is 2. The van der Waals surface area contributed by atoms with Crippen LogP contribution in [0.25, 0.3) is 11.3 Å². The molecule has 0 radical (unpaired) electrons. The minimum absolute atomic E-state index is 0.327. The molecule has 0 fully saturated rings. The van der Waals surface area contributed by atoms with E-state index in [4.69, 9.17) is 15.2 Å². The fraction of sp³-hybridized carbons (Fsp3) is 0.111. The zero-order valence-electron chi connectivity index (χ0n) is 13.8. The topological polar surface area (TPSA) is 86.5 Å². The minimum Gasteiger partial charge on any atom is -0.496 e. The molecule has 0 atom stereocenters. The molecular formula is C18H17N3O3S. The van der Waals surface area contributed by atoms with Gasteiger partial charge in [-0.3, -0.25) is 10.1 Å². The summed E-state index contributed by atoms with van der Waals surface area (Å²) in [4.78, 5) is 17.1. The number of hydrogen-bond acceptors (Lipinski definition) is 6. The van der Waals surface area contributed by atoms with Crippen molar-refractivity contribution in [2.24, 2.45) is 0 Å². The molecule has 6 nitrogen and oxygen atoms in total. The quantitative estimate of drug-likeness (QED) is 0.682. The van der Waals surface area contributed by atoms with E-state index in [-0.39, 0.29) is 5.91 Å².